The van der Waals surface area contributed by atoms with Gasteiger partial charge >= 0.3 is 0 Å². The van der Waals surface area contributed by atoms with E-state index in [9.17, 15) is 9.18 Å². The van der Waals surface area contributed by atoms with Crippen molar-refractivity contribution in [1.29, 1.82) is 0 Å². The molecule has 4 aromatic rings. The molecule has 2 aromatic carbocycles. The van der Waals surface area contributed by atoms with Gasteiger partial charge in [-0.3, -0.25) is 4.79 Å². The smallest absolute Gasteiger partial charge is 0.253 e. The molecular weight excluding hydrogens is 409 g/mol. The van der Waals surface area contributed by atoms with Gasteiger partial charge in [-0.25, -0.2) is 9.37 Å². The molecule has 0 saturated carbocycles. The maximum Gasteiger partial charge on any atom is 0.253 e. The molecule has 134 valence electrons. The third-order valence-electron chi connectivity index (χ3n) is 4.33. The third-order valence-corrected chi connectivity index (χ3v) is 4.83. The maximum absolute atomic E-state index is 14.6. The van der Waals surface area contributed by atoms with Crippen molar-refractivity contribution in [2.75, 3.05) is 0 Å². The van der Waals surface area contributed by atoms with Crippen molar-refractivity contribution in [2.24, 2.45) is 0 Å². The predicted molar refractivity (Wildman–Crippen MR) is 105 cm³/mol. The minimum atomic E-state index is -0.606. The lowest BCUT2D eigenvalue weighted by Gasteiger charge is -2.21. The summed E-state index contributed by atoms with van der Waals surface area (Å²) in [4.78, 5) is 17.0. The van der Waals surface area contributed by atoms with Crippen LogP contribution in [0.1, 0.15) is 27.5 Å². The van der Waals surface area contributed by atoms with E-state index in [1.165, 1.54) is 6.07 Å². The Bertz CT molecular complexity index is 1110. The molecule has 0 aliphatic heterocycles. The molecule has 27 heavy (non-hydrogen) atoms. The van der Waals surface area contributed by atoms with E-state index < -0.39 is 6.04 Å². The summed E-state index contributed by atoms with van der Waals surface area (Å²) >= 11 is 3.27. The van der Waals surface area contributed by atoms with Crippen LogP contribution in [0.15, 0.2) is 83.7 Å². The van der Waals surface area contributed by atoms with Gasteiger partial charge in [0.15, 0.2) is 0 Å². The second kappa shape index (κ2) is 7.32. The van der Waals surface area contributed by atoms with Crippen LogP contribution in [0.3, 0.4) is 0 Å². The quantitative estimate of drug-likeness (QED) is 0.514. The van der Waals surface area contributed by atoms with Gasteiger partial charge in [0.1, 0.15) is 11.5 Å². The number of carbonyl (C=O) groups is 1. The summed E-state index contributed by atoms with van der Waals surface area (Å²) in [5, 5.41) is 2.96. The highest BCUT2D eigenvalue weighted by atomic mass is 79.9. The number of hydrogen-bond donors (Lipinski definition) is 1. The lowest BCUT2D eigenvalue weighted by molar-refractivity contribution is 0.0942. The van der Waals surface area contributed by atoms with Gasteiger partial charge in [0.05, 0.1) is 11.6 Å². The molecule has 0 aliphatic rings. The normalized spacial score (nSPS) is 12.1. The molecule has 0 aliphatic carbocycles. The summed E-state index contributed by atoms with van der Waals surface area (Å²) in [6, 6.07) is 17.1. The number of hydrogen-bond acceptors (Lipinski definition) is 2. The number of aromatic nitrogens is 2. The van der Waals surface area contributed by atoms with Crippen molar-refractivity contribution < 1.29 is 9.18 Å². The first-order valence-electron chi connectivity index (χ1n) is 8.35. The van der Waals surface area contributed by atoms with E-state index in [-0.39, 0.29) is 11.7 Å². The van der Waals surface area contributed by atoms with Crippen LogP contribution < -0.4 is 5.32 Å². The number of nitrogens with zero attached hydrogens (tertiary/aromatic N) is 2. The zero-order valence-corrected chi connectivity index (χ0v) is 15.7. The van der Waals surface area contributed by atoms with Gasteiger partial charge in [-0.2, -0.15) is 0 Å². The summed E-state index contributed by atoms with van der Waals surface area (Å²) in [6.07, 6.45) is 5.15. The zero-order chi connectivity index (χ0) is 18.8. The van der Waals surface area contributed by atoms with Crippen LogP contribution in [0.4, 0.5) is 4.39 Å². The van der Waals surface area contributed by atoms with Crippen LogP contribution in [-0.2, 0) is 0 Å². The van der Waals surface area contributed by atoms with Crippen molar-refractivity contribution in [3.05, 3.63) is 106 Å². The molecule has 4 nitrogen and oxygen atoms in total. The van der Waals surface area contributed by atoms with Gasteiger partial charge < -0.3 is 9.72 Å². The summed E-state index contributed by atoms with van der Waals surface area (Å²) < 4.78 is 17.0. The Morgan fingerprint density at radius 3 is 2.70 bits per heavy atom. The Labute approximate surface area is 163 Å². The van der Waals surface area contributed by atoms with Crippen LogP contribution in [0.25, 0.3) is 5.65 Å². The summed E-state index contributed by atoms with van der Waals surface area (Å²) in [5.74, 6) is -0.676. The van der Waals surface area contributed by atoms with Crippen molar-refractivity contribution in [3.8, 4) is 0 Å². The first-order chi connectivity index (χ1) is 13.1. The lowest BCUT2D eigenvalue weighted by Crippen LogP contribution is -2.30. The average Bonchev–Trinajstić information content (AvgIpc) is 3.15. The number of pyridine rings is 1. The molecule has 6 heteroatoms. The van der Waals surface area contributed by atoms with Crippen molar-refractivity contribution in [1.82, 2.24) is 14.7 Å². The third kappa shape index (κ3) is 3.61. The fraction of sp³-hybridized carbons (Fsp3) is 0.0476. The van der Waals surface area contributed by atoms with Gasteiger partial charge in [0.2, 0.25) is 0 Å². The van der Waals surface area contributed by atoms with Crippen LogP contribution in [0.2, 0.25) is 0 Å². The minimum Gasteiger partial charge on any atom is -0.341 e. The lowest BCUT2D eigenvalue weighted by atomic mass is 9.98. The summed E-state index contributed by atoms with van der Waals surface area (Å²) in [6.45, 7) is 0. The Morgan fingerprint density at radius 2 is 1.93 bits per heavy atom. The molecule has 1 atom stereocenters. The number of carbonyl (C=O) groups excluding carboxylic acids is 1. The predicted octanol–water partition coefficient (Wildman–Crippen LogP) is 4.76. The number of halogens is 2. The largest absolute Gasteiger partial charge is 0.341 e. The highest BCUT2D eigenvalue weighted by Crippen LogP contribution is 2.27. The van der Waals surface area contributed by atoms with Crippen LogP contribution in [-0.4, -0.2) is 15.3 Å². The second-order valence-electron chi connectivity index (χ2n) is 6.09. The molecule has 4 rings (SSSR count). The summed E-state index contributed by atoms with van der Waals surface area (Å²) in [5.41, 5.74) is 2.43. The number of imidazole rings is 1. The second-order valence-corrected chi connectivity index (χ2v) is 7.01. The highest BCUT2D eigenvalue weighted by Gasteiger charge is 2.21. The number of fused-ring (bicyclic) bond motifs is 1. The molecule has 0 bridgehead atoms. The standard InChI is InChI=1S/C21H15BrFN3O/c22-16-7-8-17(18(23)12-16)20(14-4-2-1-3-5-14)25-21(27)15-6-9-19-24-10-11-26(19)13-15/h1-13,20H,(H,25,27). The van der Waals surface area contributed by atoms with E-state index >= 15 is 0 Å². The van der Waals surface area contributed by atoms with Crippen molar-refractivity contribution >= 4 is 27.5 Å². The monoisotopic (exact) mass is 423 g/mol. The highest BCUT2D eigenvalue weighted by molar-refractivity contribution is 9.10. The van der Waals surface area contributed by atoms with Crippen LogP contribution in [0.5, 0.6) is 0 Å². The van der Waals surface area contributed by atoms with Gasteiger partial charge in [0, 0.05) is 28.6 Å². The van der Waals surface area contributed by atoms with Crippen molar-refractivity contribution in [3.63, 3.8) is 0 Å². The zero-order valence-electron chi connectivity index (χ0n) is 14.1. The van der Waals surface area contributed by atoms with Gasteiger partial charge in [-0.15, -0.1) is 0 Å². The topological polar surface area (TPSA) is 46.4 Å². The van der Waals surface area contributed by atoms with E-state index in [2.05, 4.69) is 26.2 Å². The Kier molecular flexibility index (Phi) is 4.73. The first kappa shape index (κ1) is 17.4. The molecule has 0 saturated heterocycles. The Balaban J connectivity index is 1.71. The van der Waals surface area contributed by atoms with Crippen LogP contribution >= 0.6 is 15.9 Å². The molecular formula is C21H15BrFN3O. The Hall–Kier alpha value is -2.99. The molecule has 0 spiro atoms. The van der Waals surface area contributed by atoms with E-state index in [4.69, 9.17) is 0 Å². The molecule has 1 N–H and O–H groups in total. The fourth-order valence-corrected chi connectivity index (χ4v) is 3.32. The number of amides is 1. The van der Waals surface area contributed by atoms with Crippen molar-refractivity contribution in [2.45, 2.75) is 6.04 Å². The van der Waals surface area contributed by atoms with E-state index in [0.717, 1.165) is 11.2 Å². The molecule has 0 fully saturated rings. The Morgan fingerprint density at radius 1 is 1.11 bits per heavy atom. The average molecular weight is 424 g/mol. The minimum absolute atomic E-state index is 0.290. The van der Waals surface area contributed by atoms with E-state index in [1.54, 1.807) is 47.3 Å². The molecule has 2 aromatic heterocycles. The molecule has 2 heterocycles. The van der Waals surface area contributed by atoms with E-state index in [1.807, 2.05) is 30.3 Å². The number of rotatable bonds is 4. The van der Waals surface area contributed by atoms with Gasteiger partial charge in [-0.05, 0) is 29.8 Å². The fourth-order valence-electron chi connectivity index (χ4n) is 2.99. The number of benzene rings is 2. The van der Waals surface area contributed by atoms with Crippen LogP contribution in [0, 0.1) is 5.82 Å². The summed E-state index contributed by atoms with van der Waals surface area (Å²) in [7, 11) is 0. The molecule has 0 radical (unpaired) electrons. The van der Waals surface area contributed by atoms with Gasteiger partial charge in [0.25, 0.3) is 5.91 Å². The molecule has 1 amide bonds. The van der Waals surface area contributed by atoms with Gasteiger partial charge in [-0.1, -0.05) is 52.3 Å². The van der Waals surface area contributed by atoms with E-state index in [0.29, 0.717) is 15.6 Å². The molecule has 1 unspecified atom stereocenters. The first-order valence-corrected chi connectivity index (χ1v) is 9.14. The number of nitrogens with one attached hydrogen (secondary N) is 1. The SMILES string of the molecule is O=C(NC(c1ccccc1)c1ccc(Br)cc1F)c1ccc2nccn2c1. The maximum atomic E-state index is 14.6.